The molecule has 0 unspecified atom stereocenters. The predicted molar refractivity (Wildman–Crippen MR) is 65.6 cm³/mol. The minimum atomic E-state index is 0.196. The van der Waals surface area contributed by atoms with Crippen molar-refractivity contribution in [1.29, 1.82) is 0 Å². The molecule has 0 atom stereocenters. The largest absolute Gasteiger partial charge is 0.298 e. The molecule has 1 aromatic rings. The summed E-state index contributed by atoms with van der Waals surface area (Å²) in [7, 11) is 0. The molecule has 0 spiro atoms. The predicted octanol–water partition coefficient (Wildman–Crippen LogP) is 3.04. The van der Waals surface area contributed by atoms with Crippen molar-refractivity contribution in [3.05, 3.63) is 29.3 Å². The first-order valence-electron chi connectivity index (χ1n) is 4.55. The first-order valence-corrected chi connectivity index (χ1v) is 6.12. The SMILES string of the molecule is CCc1ccc(CC(=O)CBr)cc1S. The molecule has 0 saturated carbocycles. The molecule has 0 N–H and O–H groups in total. The Labute approximate surface area is 98.4 Å². The van der Waals surface area contributed by atoms with Crippen LogP contribution in [0.15, 0.2) is 23.1 Å². The molecule has 0 aromatic heterocycles. The van der Waals surface area contributed by atoms with Crippen LogP contribution in [0.2, 0.25) is 0 Å². The van der Waals surface area contributed by atoms with Crippen LogP contribution in [0.1, 0.15) is 18.1 Å². The van der Waals surface area contributed by atoms with Crippen LogP contribution in [0.5, 0.6) is 0 Å². The van der Waals surface area contributed by atoms with Gasteiger partial charge in [-0.2, -0.15) is 0 Å². The molecular formula is C11H13BrOS. The van der Waals surface area contributed by atoms with E-state index in [9.17, 15) is 4.79 Å². The molecule has 0 saturated heterocycles. The lowest BCUT2D eigenvalue weighted by Gasteiger charge is -2.04. The van der Waals surface area contributed by atoms with Crippen LogP contribution in [0.25, 0.3) is 0 Å². The Bertz CT molecular complexity index is 336. The van der Waals surface area contributed by atoms with Gasteiger partial charge in [0.2, 0.25) is 0 Å². The number of thiol groups is 1. The van der Waals surface area contributed by atoms with Crippen molar-refractivity contribution in [3.8, 4) is 0 Å². The van der Waals surface area contributed by atoms with Gasteiger partial charge in [0.25, 0.3) is 0 Å². The number of ketones is 1. The molecule has 0 heterocycles. The lowest BCUT2D eigenvalue weighted by molar-refractivity contribution is -0.115. The molecular weight excluding hydrogens is 260 g/mol. The van der Waals surface area contributed by atoms with Gasteiger partial charge < -0.3 is 0 Å². The maximum atomic E-state index is 11.2. The molecule has 0 amide bonds. The van der Waals surface area contributed by atoms with Crippen LogP contribution in [-0.4, -0.2) is 11.1 Å². The number of carbonyl (C=O) groups is 1. The van der Waals surface area contributed by atoms with Gasteiger partial charge in [-0.15, -0.1) is 12.6 Å². The highest BCUT2D eigenvalue weighted by Gasteiger charge is 2.03. The minimum Gasteiger partial charge on any atom is -0.298 e. The fourth-order valence-corrected chi connectivity index (χ4v) is 1.89. The number of carbonyl (C=O) groups excluding carboxylic acids is 1. The van der Waals surface area contributed by atoms with Crippen LogP contribution in [-0.2, 0) is 17.6 Å². The summed E-state index contributed by atoms with van der Waals surface area (Å²) in [6.07, 6.45) is 1.47. The third kappa shape index (κ3) is 3.14. The van der Waals surface area contributed by atoms with Crippen molar-refractivity contribution in [1.82, 2.24) is 0 Å². The smallest absolute Gasteiger partial charge is 0.147 e. The number of rotatable bonds is 4. The minimum absolute atomic E-state index is 0.196. The van der Waals surface area contributed by atoms with E-state index in [1.54, 1.807) is 0 Å². The topological polar surface area (TPSA) is 17.1 Å². The molecule has 0 aliphatic carbocycles. The van der Waals surface area contributed by atoms with E-state index in [4.69, 9.17) is 0 Å². The Balaban J connectivity index is 2.81. The summed E-state index contributed by atoms with van der Waals surface area (Å²) in [5.74, 6) is 0.196. The summed E-state index contributed by atoms with van der Waals surface area (Å²) in [4.78, 5) is 12.2. The van der Waals surface area contributed by atoms with Crippen LogP contribution in [0.3, 0.4) is 0 Å². The molecule has 0 aliphatic rings. The van der Waals surface area contributed by atoms with Crippen molar-refractivity contribution in [2.75, 3.05) is 5.33 Å². The van der Waals surface area contributed by atoms with Crippen molar-refractivity contribution in [2.45, 2.75) is 24.7 Å². The summed E-state index contributed by atoms with van der Waals surface area (Å²) in [5, 5.41) is 0.421. The van der Waals surface area contributed by atoms with E-state index < -0.39 is 0 Å². The molecule has 0 radical (unpaired) electrons. The summed E-state index contributed by atoms with van der Waals surface area (Å²) in [6.45, 7) is 2.10. The van der Waals surface area contributed by atoms with E-state index in [0.717, 1.165) is 16.9 Å². The highest BCUT2D eigenvalue weighted by atomic mass is 79.9. The molecule has 0 aliphatic heterocycles. The standard InChI is InChI=1S/C11H13BrOS/c1-2-9-4-3-8(6-11(9)14)5-10(13)7-12/h3-4,6,14H,2,5,7H2,1H3. The number of alkyl halides is 1. The fourth-order valence-electron chi connectivity index (χ4n) is 1.29. The van der Waals surface area contributed by atoms with Gasteiger partial charge in [-0.25, -0.2) is 0 Å². The average Bonchev–Trinajstić information content (AvgIpc) is 2.18. The third-order valence-corrected chi connectivity index (χ3v) is 3.12. The Morgan fingerprint density at radius 3 is 2.71 bits per heavy atom. The van der Waals surface area contributed by atoms with Gasteiger partial charge in [0.15, 0.2) is 0 Å². The summed E-state index contributed by atoms with van der Waals surface area (Å²) >= 11 is 7.53. The zero-order valence-electron chi connectivity index (χ0n) is 8.09. The normalized spacial score (nSPS) is 10.2. The quantitative estimate of drug-likeness (QED) is 0.659. The number of aryl methyl sites for hydroxylation is 1. The molecule has 1 rings (SSSR count). The summed E-state index contributed by atoms with van der Waals surface area (Å²) < 4.78 is 0. The van der Waals surface area contributed by atoms with Gasteiger partial charge in [0.05, 0.1) is 5.33 Å². The average molecular weight is 273 g/mol. The van der Waals surface area contributed by atoms with E-state index in [1.165, 1.54) is 5.56 Å². The maximum absolute atomic E-state index is 11.2. The van der Waals surface area contributed by atoms with Crippen LogP contribution >= 0.6 is 28.6 Å². The Kier molecular flexibility index (Phi) is 4.69. The van der Waals surface area contributed by atoms with Gasteiger partial charge in [-0.3, -0.25) is 4.79 Å². The molecule has 14 heavy (non-hydrogen) atoms. The van der Waals surface area contributed by atoms with Crippen molar-refractivity contribution >= 4 is 34.3 Å². The number of hydrogen-bond donors (Lipinski definition) is 1. The van der Waals surface area contributed by atoms with E-state index in [2.05, 4.69) is 35.5 Å². The second kappa shape index (κ2) is 5.56. The zero-order chi connectivity index (χ0) is 10.6. The van der Waals surface area contributed by atoms with Gasteiger partial charge in [0, 0.05) is 11.3 Å². The number of benzene rings is 1. The van der Waals surface area contributed by atoms with Gasteiger partial charge in [-0.1, -0.05) is 35.0 Å². The molecule has 76 valence electrons. The second-order valence-corrected chi connectivity index (χ2v) is 4.21. The highest BCUT2D eigenvalue weighted by Crippen LogP contribution is 2.17. The van der Waals surface area contributed by atoms with Gasteiger partial charge in [-0.05, 0) is 23.6 Å². The van der Waals surface area contributed by atoms with Crippen LogP contribution in [0, 0.1) is 0 Å². The Morgan fingerprint density at radius 2 is 2.21 bits per heavy atom. The van der Waals surface area contributed by atoms with Crippen LogP contribution < -0.4 is 0 Å². The van der Waals surface area contributed by atoms with Crippen molar-refractivity contribution in [2.24, 2.45) is 0 Å². The zero-order valence-corrected chi connectivity index (χ0v) is 10.6. The summed E-state index contributed by atoms with van der Waals surface area (Å²) in [5.41, 5.74) is 2.26. The Hall–Kier alpha value is -0.280. The van der Waals surface area contributed by atoms with Crippen LogP contribution in [0.4, 0.5) is 0 Å². The molecule has 1 aromatic carbocycles. The van der Waals surface area contributed by atoms with Gasteiger partial charge >= 0.3 is 0 Å². The number of Topliss-reactive ketones (excluding diaryl/α,β-unsaturated/α-hetero) is 1. The number of halogens is 1. The first-order chi connectivity index (χ1) is 6.67. The summed E-state index contributed by atoms with van der Waals surface area (Å²) in [6, 6.07) is 6.01. The van der Waals surface area contributed by atoms with E-state index in [-0.39, 0.29) is 5.78 Å². The fraction of sp³-hybridized carbons (Fsp3) is 0.364. The highest BCUT2D eigenvalue weighted by molar-refractivity contribution is 9.09. The third-order valence-electron chi connectivity index (χ3n) is 2.08. The van der Waals surface area contributed by atoms with E-state index in [0.29, 0.717) is 11.8 Å². The van der Waals surface area contributed by atoms with Gasteiger partial charge in [0.1, 0.15) is 5.78 Å². The van der Waals surface area contributed by atoms with E-state index >= 15 is 0 Å². The molecule has 0 bridgehead atoms. The first kappa shape index (κ1) is 11.8. The van der Waals surface area contributed by atoms with Crippen molar-refractivity contribution in [3.63, 3.8) is 0 Å². The van der Waals surface area contributed by atoms with E-state index in [1.807, 2.05) is 18.2 Å². The monoisotopic (exact) mass is 272 g/mol. The molecule has 1 nitrogen and oxygen atoms in total. The lowest BCUT2D eigenvalue weighted by atomic mass is 10.1. The lowest BCUT2D eigenvalue weighted by Crippen LogP contribution is -2.03. The Morgan fingerprint density at radius 1 is 1.50 bits per heavy atom. The molecule has 0 fully saturated rings. The number of hydrogen-bond acceptors (Lipinski definition) is 2. The maximum Gasteiger partial charge on any atom is 0.147 e. The molecule has 3 heteroatoms. The van der Waals surface area contributed by atoms with Crippen molar-refractivity contribution < 1.29 is 4.79 Å². The second-order valence-electron chi connectivity index (χ2n) is 3.17.